The number of rotatable bonds is 13. The first-order valence-corrected chi connectivity index (χ1v) is 8.51. The van der Waals surface area contributed by atoms with E-state index in [4.69, 9.17) is 9.84 Å². The van der Waals surface area contributed by atoms with Crippen molar-refractivity contribution in [3.05, 3.63) is 0 Å². The fraction of sp³-hybridized carbons (Fsp3) is 0.941. The smallest absolute Gasteiger partial charge is 0.338 e. The third-order valence-electron chi connectivity index (χ3n) is 4.60. The molecule has 1 aliphatic heterocycles. The maximum Gasteiger partial charge on any atom is 0.338 e. The van der Waals surface area contributed by atoms with Crippen LogP contribution in [0.2, 0.25) is 0 Å². The molecule has 0 aromatic heterocycles. The average Bonchev–Trinajstić information content (AvgIpc) is 3.22. The van der Waals surface area contributed by atoms with Crippen LogP contribution in [0.5, 0.6) is 0 Å². The minimum Gasteiger partial charge on any atom is -0.479 e. The number of hydrogen-bond donors (Lipinski definition) is 1. The van der Waals surface area contributed by atoms with Gasteiger partial charge in [0, 0.05) is 0 Å². The summed E-state index contributed by atoms with van der Waals surface area (Å²) in [5.41, 5.74) is -0.834. The van der Waals surface area contributed by atoms with E-state index in [0.29, 0.717) is 6.61 Å². The van der Waals surface area contributed by atoms with Crippen molar-refractivity contribution in [3.63, 3.8) is 0 Å². The molecule has 1 heterocycles. The Morgan fingerprint density at radius 1 is 1.05 bits per heavy atom. The fourth-order valence-electron chi connectivity index (χ4n) is 2.87. The molecular weight excluding hydrogens is 252 g/mol. The van der Waals surface area contributed by atoms with Gasteiger partial charge in [-0.1, -0.05) is 78.1 Å². The summed E-state index contributed by atoms with van der Waals surface area (Å²) >= 11 is 0. The number of ether oxygens (including phenoxy) is 1. The highest BCUT2D eigenvalue weighted by Crippen LogP contribution is 2.38. The standard InChI is InChI=1S/C17H32O3/c1-3-4-5-6-7-8-9-10-11-12-13-15(2)17(14-20-17)16(18)19/h15H,3-14H2,1-2H3,(H,18,19). The number of carboxylic acids is 1. The number of carbonyl (C=O) groups is 1. The normalized spacial score (nSPS) is 22.7. The van der Waals surface area contributed by atoms with Gasteiger partial charge in [0.2, 0.25) is 0 Å². The Bertz CT molecular complexity index is 271. The Morgan fingerprint density at radius 2 is 1.50 bits per heavy atom. The van der Waals surface area contributed by atoms with Crippen molar-refractivity contribution < 1.29 is 14.6 Å². The summed E-state index contributed by atoms with van der Waals surface area (Å²) in [6.07, 6.45) is 14.2. The van der Waals surface area contributed by atoms with Crippen molar-refractivity contribution in [2.45, 2.75) is 90.1 Å². The van der Waals surface area contributed by atoms with E-state index in [9.17, 15) is 4.79 Å². The second-order valence-electron chi connectivity index (χ2n) is 6.36. The van der Waals surface area contributed by atoms with E-state index in [2.05, 4.69) is 6.92 Å². The topological polar surface area (TPSA) is 49.8 Å². The van der Waals surface area contributed by atoms with Crippen LogP contribution in [-0.4, -0.2) is 23.3 Å². The fourth-order valence-corrected chi connectivity index (χ4v) is 2.87. The first-order chi connectivity index (χ1) is 9.63. The Morgan fingerprint density at radius 3 is 1.90 bits per heavy atom. The van der Waals surface area contributed by atoms with Gasteiger partial charge in [0.1, 0.15) is 0 Å². The highest BCUT2D eigenvalue weighted by Gasteiger charge is 2.56. The number of aliphatic carboxylic acids is 1. The molecule has 20 heavy (non-hydrogen) atoms. The van der Waals surface area contributed by atoms with Gasteiger partial charge < -0.3 is 9.84 Å². The van der Waals surface area contributed by atoms with Crippen molar-refractivity contribution in [1.29, 1.82) is 0 Å². The Hall–Kier alpha value is -0.570. The summed E-state index contributed by atoms with van der Waals surface area (Å²) in [5, 5.41) is 9.11. The molecule has 0 radical (unpaired) electrons. The lowest BCUT2D eigenvalue weighted by Crippen LogP contribution is -2.31. The quantitative estimate of drug-likeness (QED) is 0.391. The van der Waals surface area contributed by atoms with Crippen LogP contribution in [0, 0.1) is 5.92 Å². The average molecular weight is 284 g/mol. The SMILES string of the molecule is CCCCCCCCCCCCC(C)C1(C(=O)O)CO1. The second kappa shape index (κ2) is 9.38. The zero-order valence-corrected chi connectivity index (χ0v) is 13.3. The first-order valence-electron chi connectivity index (χ1n) is 8.51. The van der Waals surface area contributed by atoms with Crippen LogP contribution >= 0.6 is 0 Å². The molecule has 1 fully saturated rings. The van der Waals surface area contributed by atoms with Gasteiger partial charge in [0.25, 0.3) is 0 Å². The largest absolute Gasteiger partial charge is 0.479 e. The van der Waals surface area contributed by atoms with E-state index in [-0.39, 0.29) is 5.92 Å². The van der Waals surface area contributed by atoms with Gasteiger partial charge in [-0.05, 0) is 12.3 Å². The van der Waals surface area contributed by atoms with Crippen molar-refractivity contribution in [2.24, 2.45) is 5.92 Å². The Kier molecular flexibility index (Phi) is 8.20. The van der Waals surface area contributed by atoms with Crippen molar-refractivity contribution in [1.82, 2.24) is 0 Å². The van der Waals surface area contributed by atoms with Crippen LogP contribution in [0.3, 0.4) is 0 Å². The highest BCUT2D eigenvalue weighted by molar-refractivity contribution is 5.80. The van der Waals surface area contributed by atoms with E-state index in [0.717, 1.165) is 12.8 Å². The predicted octanol–water partition coefficient (Wildman–Crippen LogP) is 4.79. The molecule has 118 valence electrons. The minimum atomic E-state index is -0.834. The van der Waals surface area contributed by atoms with Gasteiger partial charge in [-0.25, -0.2) is 4.79 Å². The molecule has 0 aromatic rings. The molecule has 1 aliphatic rings. The third-order valence-corrected chi connectivity index (χ3v) is 4.60. The first kappa shape index (κ1) is 17.5. The molecule has 3 heteroatoms. The van der Waals surface area contributed by atoms with E-state index < -0.39 is 11.6 Å². The second-order valence-corrected chi connectivity index (χ2v) is 6.36. The molecule has 0 aromatic carbocycles. The zero-order chi connectivity index (χ0) is 14.8. The van der Waals surface area contributed by atoms with Gasteiger partial charge in [0.05, 0.1) is 6.61 Å². The maximum absolute atomic E-state index is 11.1. The van der Waals surface area contributed by atoms with Gasteiger partial charge in [0.15, 0.2) is 5.60 Å². The Balaban J connectivity index is 1.89. The summed E-state index contributed by atoms with van der Waals surface area (Å²) < 4.78 is 5.16. The molecule has 0 spiro atoms. The molecule has 0 amide bonds. The molecule has 1 N–H and O–H groups in total. The molecule has 2 unspecified atom stereocenters. The molecule has 1 saturated heterocycles. The van der Waals surface area contributed by atoms with Crippen LogP contribution in [0.25, 0.3) is 0 Å². The summed E-state index contributed by atoms with van der Waals surface area (Å²) in [6, 6.07) is 0. The van der Waals surface area contributed by atoms with Gasteiger partial charge in [-0.2, -0.15) is 0 Å². The third kappa shape index (κ3) is 5.82. The minimum absolute atomic E-state index is 0.147. The lowest BCUT2D eigenvalue weighted by molar-refractivity contribution is -0.145. The molecule has 2 atom stereocenters. The summed E-state index contributed by atoms with van der Waals surface area (Å²) in [5.74, 6) is -0.633. The number of hydrogen-bond acceptors (Lipinski definition) is 2. The number of unbranched alkanes of at least 4 members (excludes halogenated alkanes) is 9. The number of carboxylic acid groups (broad SMARTS) is 1. The van der Waals surface area contributed by atoms with E-state index in [1.54, 1.807) is 0 Å². The Labute approximate surface area is 124 Å². The van der Waals surface area contributed by atoms with Gasteiger partial charge in [-0.3, -0.25) is 0 Å². The summed E-state index contributed by atoms with van der Waals surface area (Å²) in [7, 11) is 0. The van der Waals surface area contributed by atoms with Crippen LogP contribution in [0.1, 0.15) is 84.5 Å². The molecule has 1 rings (SSSR count). The predicted molar refractivity (Wildman–Crippen MR) is 81.9 cm³/mol. The van der Waals surface area contributed by atoms with Crippen LogP contribution in [0.4, 0.5) is 0 Å². The van der Waals surface area contributed by atoms with Crippen molar-refractivity contribution in [2.75, 3.05) is 6.61 Å². The molecule has 0 saturated carbocycles. The van der Waals surface area contributed by atoms with E-state index >= 15 is 0 Å². The van der Waals surface area contributed by atoms with Gasteiger partial charge in [-0.15, -0.1) is 0 Å². The van der Waals surface area contributed by atoms with Crippen molar-refractivity contribution >= 4 is 5.97 Å². The molecule has 0 aliphatic carbocycles. The maximum atomic E-state index is 11.1. The molecule has 3 nitrogen and oxygen atoms in total. The zero-order valence-electron chi connectivity index (χ0n) is 13.3. The number of epoxide rings is 1. The summed E-state index contributed by atoms with van der Waals surface area (Å²) in [6.45, 7) is 4.66. The van der Waals surface area contributed by atoms with Crippen LogP contribution in [-0.2, 0) is 9.53 Å². The summed E-state index contributed by atoms with van der Waals surface area (Å²) in [4.78, 5) is 11.1. The lowest BCUT2D eigenvalue weighted by atomic mass is 9.89. The van der Waals surface area contributed by atoms with Crippen LogP contribution in [0.15, 0.2) is 0 Å². The van der Waals surface area contributed by atoms with E-state index in [1.807, 2.05) is 6.92 Å². The van der Waals surface area contributed by atoms with Gasteiger partial charge >= 0.3 is 5.97 Å². The molecule has 0 bridgehead atoms. The van der Waals surface area contributed by atoms with E-state index in [1.165, 1.54) is 57.8 Å². The van der Waals surface area contributed by atoms with Crippen molar-refractivity contribution in [3.8, 4) is 0 Å². The molecular formula is C17H32O3. The lowest BCUT2D eigenvalue weighted by Gasteiger charge is -2.15. The van der Waals surface area contributed by atoms with Crippen LogP contribution < -0.4 is 0 Å². The highest BCUT2D eigenvalue weighted by atomic mass is 16.6. The monoisotopic (exact) mass is 284 g/mol.